The summed E-state index contributed by atoms with van der Waals surface area (Å²) >= 11 is 0. The molecule has 2 aromatic rings. The standard InChI is InChI=1S/C17H12O4/c1-12(15(19)11-18)17(20)21-16-10-6-5-9-14(16)13-7-3-2-4-8-13/h2-11H,1H2. The van der Waals surface area contributed by atoms with Crippen LogP contribution in [0.1, 0.15) is 0 Å². The van der Waals surface area contributed by atoms with Crippen LogP contribution in [0.2, 0.25) is 0 Å². The lowest BCUT2D eigenvalue weighted by Crippen LogP contribution is -2.18. The third-order valence-corrected chi connectivity index (χ3v) is 2.83. The van der Waals surface area contributed by atoms with Gasteiger partial charge in [0, 0.05) is 5.56 Å². The van der Waals surface area contributed by atoms with Gasteiger partial charge in [-0.1, -0.05) is 55.1 Å². The van der Waals surface area contributed by atoms with Crippen LogP contribution in [0, 0.1) is 0 Å². The normalized spacial score (nSPS) is 9.71. The number of benzene rings is 2. The number of aldehydes is 1. The van der Waals surface area contributed by atoms with Crippen LogP contribution in [0.15, 0.2) is 66.7 Å². The molecule has 0 radical (unpaired) electrons. The number of esters is 1. The molecule has 4 nitrogen and oxygen atoms in total. The van der Waals surface area contributed by atoms with E-state index in [0.29, 0.717) is 11.3 Å². The van der Waals surface area contributed by atoms with Gasteiger partial charge in [0.15, 0.2) is 6.29 Å². The summed E-state index contributed by atoms with van der Waals surface area (Å²) in [5, 5.41) is 0. The summed E-state index contributed by atoms with van der Waals surface area (Å²) < 4.78 is 5.17. The van der Waals surface area contributed by atoms with Crippen molar-refractivity contribution >= 4 is 18.0 Å². The molecule has 4 heteroatoms. The van der Waals surface area contributed by atoms with Crippen LogP contribution in [-0.4, -0.2) is 18.0 Å². The molecular formula is C17H12O4. The average molecular weight is 280 g/mol. The van der Waals surface area contributed by atoms with Gasteiger partial charge in [0.05, 0.1) is 0 Å². The molecule has 0 unspecified atom stereocenters. The SMILES string of the molecule is C=C(C(=O)C=O)C(=O)Oc1ccccc1-c1ccccc1. The van der Waals surface area contributed by atoms with Gasteiger partial charge in [0.2, 0.25) is 5.78 Å². The summed E-state index contributed by atoms with van der Waals surface area (Å²) in [5.41, 5.74) is 1.08. The third-order valence-electron chi connectivity index (χ3n) is 2.83. The number of carbonyl (C=O) groups excluding carboxylic acids is 3. The first-order valence-corrected chi connectivity index (χ1v) is 6.18. The van der Waals surface area contributed by atoms with E-state index in [-0.39, 0.29) is 6.29 Å². The summed E-state index contributed by atoms with van der Waals surface area (Å²) in [6, 6.07) is 16.3. The predicted molar refractivity (Wildman–Crippen MR) is 77.7 cm³/mol. The molecule has 21 heavy (non-hydrogen) atoms. The Bertz CT molecular complexity index is 702. The molecule has 0 amide bonds. The molecule has 0 aliphatic carbocycles. The smallest absolute Gasteiger partial charge is 0.347 e. The number of rotatable bonds is 5. The molecule has 0 N–H and O–H groups in total. The van der Waals surface area contributed by atoms with Crippen molar-refractivity contribution in [3.05, 3.63) is 66.7 Å². The van der Waals surface area contributed by atoms with E-state index in [0.717, 1.165) is 5.56 Å². The Morgan fingerprint density at radius 1 is 0.952 bits per heavy atom. The average Bonchev–Trinajstić information content (AvgIpc) is 2.54. The highest BCUT2D eigenvalue weighted by Crippen LogP contribution is 2.29. The number of Topliss-reactive ketones (excluding diaryl/α,β-unsaturated/α-hetero) is 1. The first kappa shape index (κ1) is 14.4. The molecular weight excluding hydrogens is 268 g/mol. The van der Waals surface area contributed by atoms with Crippen LogP contribution in [0.5, 0.6) is 5.75 Å². The second-order valence-electron chi connectivity index (χ2n) is 4.21. The predicted octanol–water partition coefficient (Wildman–Crippen LogP) is 2.58. The Labute approximate surface area is 121 Å². The monoisotopic (exact) mass is 280 g/mol. The van der Waals surface area contributed by atoms with Crippen LogP contribution >= 0.6 is 0 Å². The zero-order valence-corrected chi connectivity index (χ0v) is 11.1. The minimum Gasteiger partial charge on any atom is -0.422 e. The lowest BCUT2D eigenvalue weighted by Gasteiger charge is -2.10. The molecule has 2 aromatic carbocycles. The topological polar surface area (TPSA) is 60.4 Å². The maximum Gasteiger partial charge on any atom is 0.347 e. The van der Waals surface area contributed by atoms with Gasteiger partial charge < -0.3 is 4.74 Å². The summed E-state index contributed by atoms with van der Waals surface area (Å²) in [5.74, 6) is -1.62. The van der Waals surface area contributed by atoms with E-state index in [1.165, 1.54) is 0 Å². The summed E-state index contributed by atoms with van der Waals surface area (Å²) in [4.78, 5) is 33.3. The number of carbonyl (C=O) groups is 3. The lowest BCUT2D eigenvalue weighted by molar-refractivity contribution is -0.134. The maximum absolute atomic E-state index is 11.8. The van der Waals surface area contributed by atoms with Crippen molar-refractivity contribution in [3.63, 3.8) is 0 Å². The van der Waals surface area contributed by atoms with Gasteiger partial charge in [-0.05, 0) is 11.6 Å². The van der Waals surface area contributed by atoms with Gasteiger partial charge in [0.1, 0.15) is 11.3 Å². The highest BCUT2D eigenvalue weighted by molar-refractivity contribution is 6.40. The number of ketones is 1. The fourth-order valence-corrected chi connectivity index (χ4v) is 1.75. The van der Waals surface area contributed by atoms with Crippen LogP contribution in [-0.2, 0) is 14.4 Å². The lowest BCUT2D eigenvalue weighted by atomic mass is 10.0. The second-order valence-corrected chi connectivity index (χ2v) is 4.21. The van der Waals surface area contributed by atoms with Crippen molar-refractivity contribution in [2.24, 2.45) is 0 Å². The first-order valence-electron chi connectivity index (χ1n) is 6.18. The Balaban J connectivity index is 2.30. The molecule has 0 spiro atoms. The number of para-hydroxylation sites is 1. The second kappa shape index (κ2) is 6.43. The van der Waals surface area contributed by atoms with Gasteiger partial charge in [-0.25, -0.2) is 4.79 Å². The van der Waals surface area contributed by atoms with Gasteiger partial charge >= 0.3 is 5.97 Å². The fourth-order valence-electron chi connectivity index (χ4n) is 1.75. The van der Waals surface area contributed by atoms with Crippen molar-refractivity contribution in [2.45, 2.75) is 0 Å². The first-order chi connectivity index (χ1) is 10.1. The molecule has 0 fully saturated rings. The Morgan fingerprint density at radius 3 is 2.24 bits per heavy atom. The van der Waals surface area contributed by atoms with Crippen molar-refractivity contribution < 1.29 is 19.1 Å². The van der Waals surface area contributed by atoms with E-state index in [9.17, 15) is 14.4 Å². The van der Waals surface area contributed by atoms with E-state index < -0.39 is 17.3 Å². The zero-order chi connectivity index (χ0) is 15.2. The van der Waals surface area contributed by atoms with Crippen molar-refractivity contribution in [2.75, 3.05) is 0 Å². The molecule has 0 aromatic heterocycles. The highest BCUT2D eigenvalue weighted by atomic mass is 16.5. The maximum atomic E-state index is 11.8. The van der Waals surface area contributed by atoms with E-state index in [4.69, 9.17) is 4.74 Å². The molecule has 0 atom stereocenters. The summed E-state index contributed by atoms with van der Waals surface area (Å²) in [6.45, 7) is 3.27. The Kier molecular flexibility index (Phi) is 4.41. The van der Waals surface area contributed by atoms with Gasteiger partial charge in [-0.3, -0.25) is 9.59 Å². The van der Waals surface area contributed by atoms with E-state index in [2.05, 4.69) is 6.58 Å². The Hall–Kier alpha value is -3.01. The van der Waals surface area contributed by atoms with Crippen LogP contribution in [0.25, 0.3) is 11.1 Å². The van der Waals surface area contributed by atoms with E-state index in [1.807, 2.05) is 36.4 Å². The summed E-state index contributed by atoms with van der Waals surface area (Å²) in [6.07, 6.45) is 0.0344. The largest absolute Gasteiger partial charge is 0.422 e. The van der Waals surface area contributed by atoms with Crippen LogP contribution < -0.4 is 4.74 Å². The molecule has 0 saturated heterocycles. The number of ether oxygens (including phenoxy) is 1. The van der Waals surface area contributed by atoms with Gasteiger partial charge in [0.25, 0.3) is 0 Å². The van der Waals surface area contributed by atoms with Gasteiger partial charge in [-0.2, -0.15) is 0 Å². The molecule has 0 heterocycles. The molecule has 0 saturated carbocycles. The summed E-state index contributed by atoms with van der Waals surface area (Å²) in [7, 11) is 0. The van der Waals surface area contributed by atoms with E-state index >= 15 is 0 Å². The number of hydrogen-bond acceptors (Lipinski definition) is 4. The minimum absolute atomic E-state index is 0.0344. The van der Waals surface area contributed by atoms with Crippen molar-refractivity contribution in [3.8, 4) is 16.9 Å². The van der Waals surface area contributed by atoms with Crippen molar-refractivity contribution in [1.29, 1.82) is 0 Å². The molecule has 0 bridgehead atoms. The quantitative estimate of drug-likeness (QED) is 0.161. The minimum atomic E-state index is -0.989. The van der Waals surface area contributed by atoms with Crippen molar-refractivity contribution in [1.82, 2.24) is 0 Å². The number of hydrogen-bond donors (Lipinski definition) is 0. The van der Waals surface area contributed by atoms with Crippen LogP contribution in [0.3, 0.4) is 0 Å². The molecule has 104 valence electrons. The fraction of sp³-hybridized carbons (Fsp3) is 0. The highest BCUT2D eigenvalue weighted by Gasteiger charge is 2.18. The third kappa shape index (κ3) is 3.30. The molecule has 0 aliphatic rings. The van der Waals surface area contributed by atoms with Gasteiger partial charge in [-0.15, -0.1) is 0 Å². The van der Waals surface area contributed by atoms with E-state index in [1.54, 1.807) is 18.2 Å². The van der Waals surface area contributed by atoms with Crippen LogP contribution in [0.4, 0.5) is 0 Å². The molecule has 2 rings (SSSR count). The Morgan fingerprint density at radius 2 is 1.57 bits per heavy atom. The molecule has 0 aliphatic heterocycles. The zero-order valence-electron chi connectivity index (χ0n) is 11.1.